The molecule has 190 valence electrons. The molecule has 0 amide bonds. The number of nitrogens with one attached hydrogen (secondary N) is 1. The number of aliphatic hydroxyl groups excluding tert-OH is 2. The van der Waals surface area contributed by atoms with Gasteiger partial charge >= 0.3 is 0 Å². The Morgan fingerprint density at radius 2 is 2.23 bits per heavy atom. The average molecular weight is 620 g/mol. The van der Waals surface area contributed by atoms with Crippen molar-refractivity contribution in [2.24, 2.45) is 16.6 Å². The van der Waals surface area contributed by atoms with Crippen LogP contribution >= 0.6 is 34.2 Å². The Kier molecular flexibility index (Phi) is 7.88. The van der Waals surface area contributed by atoms with Gasteiger partial charge in [-0.25, -0.2) is 0 Å². The van der Waals surface area contributed by atoms with Crippen LogP contribution in [0.3, 0.4) is 0 Å². The molecule has 1 saturated heterocycles. The first kappa shape index (κ1) is 26.1. The lowest BCUT2D eigenvalue weighted by molar-refractivity contribution is -0.386. The lowest BCUT2D eigenvalue weighted by Gasteiger charge is -2.24. The third-order valence-electron chi connectivity index (χ3n) is 6.09. The first-order valence-corrected chi connectivity index (χ1v) is 12.6. The largest absolute Gasteiger partial charge is 0.394 e. The number of hydrogen-bond donors (Lipinski definition) is 4. The zero-order valence-corrected chi connectivity index (χ0v) is 22.0. The Bertz CT molecular complexity index is 1140. The molecule has 1 fully saturated rings. The summed E-state index contributed by atoms with van der Waals surface area (Å²) in [6, 6.07) is 5.07. The molecule has 0 bridgehead atoms. The van der Waals surface area contributed by atoms with E-state index in [4.69, 9.17) is 26.8 Å². The molecule has 3 heterocycles. The van der Waals surface area contributed by atoms with Crippen molar-refractivity contribution in [1.29, 1.82) is 0 Å². The van der Waals surface area contributed by atoms with E-state index in [1.165, 1.54) is 6.07 Å². The summed E-state index contributed by atoms with van der Waals surface area (Å²) in [6.45, 7) is 3.66. The van der Waals surface area contributed by atoms with Crippen molar-refractivity contribution in [3.63, 3.8) is 0 Å². The van der Waals surface area contributed by atoms with E-state index in [0.717, 1.165) is 3.57 Å². The number of guanidine groups is 1. The van der Waals surface area contributed by atoms with E-state index in [2.05, 4.69) is 10.3 Å². The predicted molar refractivity (Wildman–Crippen MR) is 137 cm³/mol. The number of aliphatic imine (C=N–C) groups is 1. The van der Waals surface area contributed by atoms with E-state index in [0.29, 0.717) is 22.5 Å². The zero-order chi connectivity index (χ0) is 25.4. The standard InChI is InChI=1S/C22H27ClIN5O6/c1-10(2)19(13-4-3-12(24)5-14(13)29(32)33)34-9-11-7-28(17-6-15(31)16(8-30)35-17)21-18(11)20(23)26-22(25)27-21/h3-5,7,10,15-17,19-20,30-31H,6,8-9H2,1-2H3,(H3,25,26,27)/t15-,16-,17-,19-,20?/m1/s1. The van der Waals surface area contributed by atoms with Gasteiger partial charge in [-0.3, -0.25) is 10.1 Å². The second kappa shape index (κ2) is 10.6. The number of fused-ring (bicyclic) bond motifs is 1. The van der Waals surface area contributed by atoms with E-state index in [1.54, 1.807) is 16.8 Å². The van der Waals surface area contributed by atoms with Crippen LogP contribution in [0.4, 0.5) is 11.5 Å². The third kappa shape index (κ3) is 5.27. The number of aromatic nitrogens is 1. The molecule has 0 spiro atoms. The molecular formula is C22H27ClIN5O6. The van der Waals surface area contributed by atoms with Crippen molar-refractivity contribution in [2.75, 3.05) is 6.61 Å². The van der Waals surface area contributed by atoms with Gasteiger partial charge in [0.1, 0.15) is 23.7 Å². The summed E-state index contributed by atoms with van der Waals surface area (Å²) in [5, 5.41) is 34.3. The van der Waals surface area contributed by atoms with Gasteiger partial charge in [-0.15, -0.1) is 0 Å². The van der Waals surface area contributed by atoms with Crippen molar-refractivity contribution >= 4 is 51.7 Å². The molecule has 2 aliphatic heterocycles. The van der Waals surface area contributed by atoms with Crippen molar-refractivity contribution in [3.05, 3.63) is 54.8 Å². The Balaban J connectivity index is 1.67. The fourth-order valence-corrected chi connectivity index (χ4v) is 5.27. The maximum Gasteiger partial charge on any atom is 0.276 e. The van der Waals surface area contributed by atoms with E-state index >= 15 is 0 Å². The van der Waals surface area contributed by atoms with E-state index in [1.807, 2.05) is 42.5 Å². The molecule has 2 aliphatic rings. The minimum Gasteiger partial charge on any atom is -0.394 e. The number of ether oxygens (including phenoxy) is 2. The second-order valence-electron chi connectivity index (χ2n) is 8.85. The van der Waals surface area contributed by atoms with Crippen LogP contribution in [0.1, 0.15) is 54.8 Å². The summed E-state index contributed by atoms with van der Waals surface area (Å²) < 4.78 is 14.6. The number of nitro groups is 1. The maximum absolute atomic E-state index is 11.7. The summed E-state index contributed by atoms with van der Waals surface area (Å²) in [6.07, 6.45) is -0.634. The van der Waals surface area contributed by atoms with Crippen molar-refractivity contribution in [1.82, 2.24) is 9.88 Å². The molecular weight excluding hydrogens is 593 g/mol. The minimum atomic E-state index is -0.829. The highest BCUT2D eigenvalue weighted by Crippen LogP contribution is 2.42. The Labute approximate surface area is 220 Å². The molecule has 11 nitrogen and oxygen atoms in total. The van der Waals surface area contributed by atoms with Gasteiger partial charge in [0.15, 0.2) is 5.96 Å². The summed E-state index contributed by atoms with van der Waals surface area (Å²) in [4.78, 5) is 15.7. The molecule has 13 heteroatoms. The summed E-state index contributed by atoms with van der Waals surface area (Å²) >= 11 is 8.61. The highest BCUT2D eigenvalue weighted by atomic mass is 127. The van der Waals surface area contributed by atoms with Gasteiger partial charge in [-0.2, -0.15) is 4.99 Å². The molecule has 5 atom stereocenters. The van der Waals surface area contributed by atoms with Crippen LogP contribution in [0.2, 0.25) is 0 Å². The van der Waals surface area contributed by atoms with Crippen molar-refractivity contribution in [2.45, 2.75) is 56.9 Å². The van der Waals surface area contributed by atoms with Crippen LogP contribution in [0.15, 0.2) is 29.4 Å². The number of halogens is 2. The molecule has 0 saturated carbocycles. The molecule has 2 aromatic rings. The molecule has 0 radical (unpaired) electrons. The lowest BCUT2D eigenvalue weighted by atomic mass is 9.97. The van der Waals surface area contributed by atoms with Gasteiger partial charge in [0.2, 0.25) is 0 Å². The summed E-state index contributed by atoms with van der Waals surface area (Å²) in [5.41, 5.74) is 7.07. The minimum absolute atomic E-state index is 0.00727. The van der Waals surface area contributed by atoms with Crippen LogP contribution < -0.4 is 11.1 Å². The summed E-state index contributed by atoms with van der Waals surface area (Å²) in [7, 11) is 0. The number of alkyl halides is 1. The number of nitrogens with zero attached hydrogens (tertiary/aromatic N) is 3. The van der Waals surface area contributed by atoms with Gasteiger partial charge in [0, 0.05) is 33.4 Å². The van der Waals surface area contributed by atoms with Crippen LogP contribution in [0.25, 0.3) is 0 Å². The van der Waals surface area contributed by atoms with Crippen LogP contribution in [-0.4, -0.2) is 44.5 Å². The van der Waals surface area contributed by atoms with E-state index in [9.17, 15) is 20.3 Å². The van der Waals surface area contributed by atoms with E-state index in [-0.39, 0.29) is 37.2 Å². The fraction of sp³-hybridized carbons (Fsp3) is 0.500. The topological polar surface area (TPSA) is 157 Å². The first-order valence-electron chi connectivity index (χ1n) is 11.1. The molecule has 1 aromatic heterocycles. The monoisotopic (exact) mass is 619 g/mol. The van der Waals surface area contributed by atoms with Crippen LogP contribution in [-0.2, 0) is 16.1 Å². The van der Waals surface area contributed by atoms with Crippen molar-refractivity contribution < 1.29 is 24.6 Å². The molecule has 0 aliphatic carbocycles. The number of benzene rings is 1. The molecule has 1 aromatic carbocycles. The van der Waals surface area contributed by atoms with Gasteiger partial charge < -0.3 is 35.3 Å². The highest BCUT2D eigenvalue weighted by Gasteiger charge is 2.38. The molecule has 5 N–H and O–H groups in total. The Hall–Kier alpha value is -1.97. The first-order chi connectivity index (χ1) is 16.6. The normalized spacial score (nSPS) is 24.7. The van der Waals surface area contributed by atoms with Gasteiger partial charge in [0.05, 0.1) is 35.9 Å². The van der Waals surface area contributed by atoms with Gasteiger partial charge in [0.25, 0.3) is 5.69 Å². The zero-order valence-electron chi connectivity index (χ0n) is 19.1. The number of rotatable bonds is 8. The Morgan fingerprint density at radius 1 is 1.49 bits per heavy atom. The number of hydrogen-bond acceptors (Lipinski definition) is 9. The summed E-state index contributed by atoms with van der Waals surface area (Å²) in [5.74, 6) is 0.553. The van der Waals surface area contributed by atoms with E-state index < -0.39 is 35.0 Å². The number of nitro benzene ring substituents is 1. The highest BCUT2D eigenvalue weighted by molar-refractivity contribution is 14.1. The smallest absolute Gasteiger partial charge is 0.276 e. The third-order valence-corrected chi connectivity index (χ3v) is 7.09. The van der Waals surface area contributed by atoms with Crippen LogP contribution in [0.5, 0.6) is 0 Å². The fourth-order valence-electron chi connectivity index (χ4n) is 4.44. The van der Waals surface area contributed by atoms with Gasteiger partial charge in [-0.1, -0.05) is 25.4 Å². The molecule has 1 unspecified atom stereocenters. The average Bonchev–Trinajstić information content (AvgIpc) is 3.34. The maximum atomic E-state index is 11.7. The van der Waals surface area contributed by atoms with Crippen LogP contribution in [0, 0.1) is 19.6 Å². The predicted octanol–water partition coefficient (Wildman–Crippen LogP) is 3.34. The number of nitrogens with two attached hydrogens (primary N) is 1. The quantitative estimate of drug-likeness (QED) is 0.115. The SMILES string of the molecule is CC(C)[C@@H](OCc1cn([C@H]2C[C@@H](O)[C@@H](CO)O2)c2c1C(Cl)NC(N)=N2)c1ccc(I)cc1[N+](=O)[O-]. The second-order valence-corrected chi connectivity index (χ2v) is 10.5. The molecule has 4 rings (SSSR count). The Morgan fingerprint density at radius 3 is 2.86 bits per heavy atom. The van der Waals surface area contributed by atoms with Crippen molar-refractivity contribution in [3.8, 4) is 0 Å². The number of aliphatic hydroxyl groups is 2. The lowest BCUT2D eigenvalue weighted by Crippen LogP contribution is -2.35. The van der Waals surface area contributed by atoms with Gasteiger partial charge in [-0.05, 0) is 40.6 Å². The molecule has 35 heavy (non-hydrogen) atoms.